The van der Waals surface area contributed by atoms with E-state index in [1.807, 2.05) is 7.05 Å². The molecule has 5 nitrogen and oxygen atoms in total. The summed E-state index contributed by atoms with van der Waals surface area (Å²) >= 11 is 0. The van der Waals surface area contributed by atoms with Crippen LogP contribution in [0.2, 0.25) is 0 Å². The van der Waals surface area contributed by atoms with Crippen molar-refractivity contribution in [3.05, 3.63) is 35.9 Å². The van der Waals surface area contributed by atoms with Crippen molar-refractivity contribution in [2.45, 2.75) is 57.4 Å². The van der Waals surface area contributed by atoms with Crippen LogP contribution >= 0.6 is 0 Å². The van der Waals surface area contributed by atoms with Gasteiger partial charge < -0.3 is 15.5 Å². The second kappa shape index (κ2) is 8.54. The smallest absolute Gasteiger partial charge is 0.225 e. The van der Waals surface area contributed by atoms with E-state index >= 15 is 0 Å². The molecule has 1 unspecified atom stereocenters. The predicted molar refractivity (Wildman–Crippen MR) is 113 cm³/mol. The highest BCUT2D eigenvalue weighted by atomic mass is 16.2. The van der Waals surface area contributed by atoms with E-state index in [9.17, 15) is 4.79 Å². The van der Waals surface area contributed by atoms with Gasteiger partial charge in [0.25, 0.3) is 0 Å². The third-order valence-corrected chi connectivity index (χ3v) is 6.78. The highest BCUT2D eigenvalue weighted by Crippen LogP contribution is 2.47. The standard InChI is InChI=1S/C23H34N4O/c1-24-22(25-17-23(12-13-23)15-18-7-3-2-4-8-18)26-20-11-14-27(16-20)21(28)19-9-5-6-10-19/h2-4,7-8,19-20H,5-6,9-17H2,1H3,(H2,24,25,26). The van der Waals surface area contributed by atoms with Crippen LogP contribution in [0.5, 0.6) is 0 Å². The highest BCUT2D eigenvalue weighted by Gasteiger charge is 2.42. The zero-order valence-electron chi connectivity index (χ0n) is 17.1. The van der Waals surface area contributed by atoms with Crippen molar-refractivity contribution in [1.82, 2.24) is 15.5 Å². The minimum absolute atomic E-state index is 0.281. The van der Waals surface area contributed by atoms with Gasteiger partial charge in [-0.15, -0.1) is 0 Å². The van der Waals surface area contributed by atoms with Gasteiger partial charge in [-0.2, -0.15) is 0 Å². The zero-order chi connectivity index (χ0) is 19.4. The van der Waals surface area contributed by atoms with Gasteiger partial charge in [0.2, 0.25) is 5.91 Å². The molecule has 5 heteroatoms. The largest absolute Gasteiger partial charge is 0.356 e. The molecule has 1 aliphatic heterocycles. The van der Waals surface area contributed by atoms with Crippen molar-refractivity contribution in [1.29, 1.82) is 0 Å². The van der Waals surface area contributed by atoms with E-state index < -0.39 is 0 Å². The zero-order valence-corrected chi connectivity index (χ0v) is 17.1. The second-order valence-corrected chi connectivity index (χ2v) is 8.98. The molecule has 152 valence electrons. The van der Waals surface area contributed by atoms with Crippen molar-refractivity contribution >= 4 is 11.9 Å². The predicted octanol–water partition coefficient (Wildman–Crippen LogP) is 2.97. The minimum Gasteiger partial charge on any atom is -0.356 e. The van der Waals surface area contributed by atoms with Crippen LogP contribution in [0.1, 0.15) is 50.5 Å². The Bertz CT molecular complexity index is 692. The van der Waals surface area contributed by atoms with Gasteiger partial charge in [0.05, 0.1) is 0 Å². The summed E-state index contributed by atoms with van der Waals surface area (Å²) in [4.78, 5) is 19.1. The van der Waals surface area contributed by atoms with Crippen LogP contribution in [0.25, 0.3) is 0 Å². The van der Waals surface area contributed by atoms with E-state index in [0.717, 1.165) is 51.3 Å². The molecule has 2 saturated carbocycles. The Morgan fingerprint density at radius 3 is 2.61 bits per heavy atom. The average molecular weight is 383 g/mol. The first kappa shape index (κ1) is 19.3. The molecule has 0 radical (unpaired) electrons. The fourth-order valence-electron chi connectivity index (χ4n) is 4.79. The maximum absolute atomic E-state index is 12.6. The van der Waals surface area contributed by atoms with Gasteiger partial charge >= 0.3 is 0 Å². The van der Waals surface area contributed by atoms with Gasteiger partial charge in [0.1, 0.15) is 0 Å². The molecule has 2 N–H and O–H groups in total. The number of aliphatic imine (C=N–C) groups is 1. The lowest BCUT2D eigenvalue weighted by Gasteiger charge is -2.23. The summed E-state index contributed by atoms with van der Waals surface area (Å²) in [6.07, 6.45) is 9.29. The number of rotatable bonds is 6. The Morgan fingerprint density at radius 1 is 1.18 bits per heavy atom. The van der Waals surface area contributed by atoms with Crippen molar-refractivity contribution < 1.29 is 4.79 Å². The molecule has 1 amide bonds. The second-order valence-electron chi connectivity index (χ2n) is 8.98. The van der Waals surface area contributed by atoms with Crippen LogP contribution in [-0.2, 0) is 11.2 Å². The number of likely N-dealkylation sites (tertiary alicyclic amines) is 1. The normalized spacial score (nSPS) is 24.4. The van der Waals surface area contributed by atoms with Gasteiger partial charge in [0.15, 0.2) is 5.96 Å². The van der Waals surface area contributed by atoms with E-state index in [1.165, 1.54) is 31.2 Å². The Morgan fingerprint density at radius 2 is 1.93 bits per heavy atom. The van der Waals surface area contributed by atoms with Crippen molar-refractivity contribution in [2.24, 2.45) is 16.3 Å². The number of nitrogens with zero attached hydrogens (tertiary/aromatic N) is 2. The lowest BCUT2D eigenvalue weighted by atomic mass is 9.96. The summed E-state index contributed by atoms with van der Waals surface area (Å²) in [5.74, 6) is 1.54. The molecule has 0 aromatic heterocycles. The molecule has 3 fully saturated rings. The number of carbonyl (C=O) groups excluding carboxylic acids is 1. The first-order valence-corrected chi connectivity index (χ1v) is 11.0. The molecule has 3 aliphatic rings. The van der Waals surface area contributed by atoms with Gasteiger partial charge in [-0.3, -0.25) is 9.79 Å². The number of amides is 1. The molecule has 1 saturated heterocycles. The number of hydrogen-bond donors (Lipinski definition) is 2. The molecule has 0 spiro atoms. The van der Waals surface area contributed by atoms with Crippen molar-refractivity contribution in [2.75, 3.05) is 26.7 Å². The third kappa shape index (κ3) is 4.68. The molecule has 1 atom stereocenters. The van der Waals surface area contributed by atoms with Crippen LogP contribution in [0.15, 0.2) is 35.3 Å². The number of guanidine groups is 1. The molecule has 2 aliphatic carbocycles. The Hall–Kier alpha value is -2.04. The summed E-state index contributed by atoms with van der Waals surface area (Å²) in [7, 11) is 1.84. The maximum atomic E-state index is 12.6. The van der Waals surface area contributed by atoms with Gasteiger partial charge in [-0.1, -0.05) is 43.2 Å². The molecule has 28 heavy (non-hydrogen) atoms. The quantitative estimate of drug-likeness (QED) is 0.587. The Balaban J connectivity index is 1.23. The summed E-state index contributed by atoms with van der Waals surface area (Å²) < 4.78 is 0. The minimum atomic E-state index is 0.281. The van der Waals surface area contributed by atoms with E-state index in [4.69, 9.17) is 0 Å². The summed E-state index contributed by atoms with van der Waals surface area (Å²) in [5, 5.41) is 7.10. The first-order valence-electron chi connectivity index (χ1n) is 11.0. The van der Waals surface area contributed by atoms with E-state index in [2.05, 4.69) is 50.9 Å². The average Bonchev–Trinajstić information content (AvgIpc) is 3.13. The van der Waals surface area contributed by atoms with Crippen LogP contribution in [0, 0.1) is 11.3 Å². The number of carbonyl (C=O) groups is 1. The van der Waals surface area contributed by atoms with Gasteiger partial charge in [-0.05, 0) is 49.5 Å². The summed E-state index contributed by atoms with van der Waals surface area (Å²) in [6, 6.07) is 11.1. The molecule has 1 heterocycles. The summed E-state index contributed by atoms with van der Waals surface area (Å²) in [6.45, 7) is 2.64. The lowest BCUT2D eigenvalue weighted by Crippen LogP contribution is -2.47. The Kier molecular flexibility index (Phi) is 5.88. The molecule has 0 bridgehead atoms. The van der Waals surface area contributed by atoms with E-state index in [1.54, 1.807) is 0 Å². The number of nitrogens with one attached hydrogen (secondary N) is 2. The van der Waals surface area contributed by atoms with Crippen molar-refractivity contribution in [3.8, 4) is 0 Å². The maximum Gasteiger partial charge on any atom is 0.225 e. The fraction of sp³-hybridized carbons (Fsp3) is 0.652. The van der Waals surface area contributed by atoms with E-state index in [-0.39, 0.29) is 5.92 Å². The third-order valence-electron chi connectivity index (χ3n) is 6.78. The molecular weight excluding hydrogens is 348 g/mol. The lowest BCUT2D eigenvalue weighted by molar-refractivity contribution is -0.134. The van der Waals surface area contributed by atoms with Crippen LogP contribution in [0.4, 0.5) is 0 Å². The number of benzene rings is 1. The SMILES string of the molecule is CN=C(NCC1(Cc2ccccc2)CC1)NC1CCN(C(=O)C2CCCC2)C1. The van der Waals surface area contributed by atoms with Crippen molar-refractivity contribution in [3.63, 3.8) is 0 Å². The van der Waals surface area contributed by atoms with E-state index in [0.29, 0.717) is 17.4 Å². The van der Waals surface area contributed by atoms with Gasteiger partial charge in [-0.25, -0.2) is 0 Å². The molecule has 1 aromatic carbocycles. The van der Waals surface area contributed by atoms with Crippen LogP contribution < -0.4 is 10.6 Å². The monoisotopic (exact) mass is 382 g/mol. The molecule has 4 rings (SSSR count). The van der Waals surface area contributed by atoms with Crippen LogP contribution in [-0.4, -0.2) is 49.5 Å². The first-order chi connectivity index (χ1) is 13.7. The Labute approximate surface area is 169 Å². The van der Waals surface area contributed by atoms with Crippen LogP contribution in [0.3, 0.4) is 0 Å². The summed E-state index contributed by atoms with van der Waals surface area (Å²) in [5.41, 5.74) is 1.79. The topological polar surface area (TPSA) is 56.7 Å². The molecular formula is C23H34N4O. The molecule has 1 aromatic rings. The number of hydrogen-bond acceptors (Lipinski definition) is 2. The van der Waals surface area contributed by atoms with Gasteiger partial charge in [0, 0.05) is 38.6 Å². The highest BCUT2D eigenvalue weighted by molar-refractivity contribution is 5.81. The fourth-order valence-corrected chi connectivity index (χ4v) is 4.79.